The molecule has 0 bridgehead atoms. The third kappa shape index (κ3) is 2.46. The van der Waals surface area contributed by atoms with Crippen molar-refractivity contribution in [2.45, 2.75) is 12.2 Å². The van der Waals surface area contributed by atoms with Crippen LogP contribution in [0.15, 0.2) is 42.2 Å². The lowest BCUT2D eigenvalue weighted by molar-refractivity contribution is -0.112. The summed E-state index contributed by atoms with van der Waals surface area (Å²) in [4.78, 5) is 11.4. The predicted molar refractivity (Wildman–Crippen MR) is 67.7 cm³/mol. The molecule has 96 valence electrons. The topological polar surface area (TPSA) is 60.4 Å². The lowest BCUT2D eigenvalue weighted by atomic mass is 10.1. The van der Waals surface area contributed by atoms with Gasteiger partial charge < -0.3 is 4.74 Å². The van der Waals surface area contributed by atoms with Crippen molar-refractivity contribution >= 4 is 15.6 Å². The van der Waals surface area contributed by atoms with Crippen LogP contribution in [0.1, 0.15) is 17.7 Å². The molecule has 0 aromatic heterocycles. The van der Waals surface area contributed by atoms with Crippen molar-refractivity contribution in [2.75, 3.05) is 12.4 Å². The molecule has 1 heterocycles. The number of carbonyl (C=O) groups is 1. The highest BCUT2D eigenvalue weighted by atomic mass is 32.2. The standard InChI is InChI=1S/C13H14O4S/c1-2-17-12-8-11(14)9-18(15,16)13(12)10-6-4-3-5-7-10/h3-8,13H,2,9H2,1H3. The summed E-state index contributed by atoms with van der Waals surface area (Å²) < 4.78 is 29.6. The molecule has 0 saturated heterocycles. The highest BCUT2D eigenvalue weighted by molar-refractivity contribution is 7.92. The number of sulfone groups is 1. The van der Waals surface area contributed by atoms with Crippen molar-refractivity contribution < 1.29 is 17.9 Å². The van der Waals surface area contributed by atoms with Crippen molar-refractivity contribution in [3.05, 3.63) is 47.7 Å². The van der Waals surface area contributed by atoms with E-state index in [4.69, 9.17) is 4.74 Å². The van der Waals surface area contributed by atoms with Crippen LogP contribution in [0.25, 0.3) is 0 Å². The molecule has 0 amide bonds. The Balaban J connectivity index is 2.52. The fourth-order valence-corrected chi connectivity index (χ4v) is 3.73. The predicted octanol–water partition coefficient (Wildman–Crippen LogP) is 1.65. The quantitative estimate of drug-likeness (QED) is 0.834. The zero-order valence-electron chi connectivity index (χ0n) is 10.00. The van der Waals surface area contributed by atoms with Gasteiger partial charge in [0.1, 0.15) is 16.8 Å². The minimum atomic E-state index is -3.54. The first-order valence-electron chi connectivity index (χ1n) is 5.68. The maximum atomic E-state index is 12.1. The van der Waals surface area contributed by atoms with E-state index in [-0.39, 0.29) is 5.76 Å². The number of ketones is 1. The molecule has 1 unspecified atom stereocenters. The zero-order chi connectivity index (χ0) is 13.2. The maximum Gasteiger partial charge on any atom is 0.174 e. The highest BCUT2D eigenvalue weighted by Crippen LogP contribution is 2.34. The molecule has 18 heavy (non-hydrogen) atoms. The summed E-state index contributed by atoms with van der Waals surface area (Å²) in [7, 11) is -3.54. The van der Waals surface area contributed by atoms with Gasteiger partial charge in [-0.3, -0.25) is 4.79 Å². The molecule has 0 fully saturated rings. The molecule has 1 aromatic rings. The molecule has 0 N–H and O–H groups in total. The van der Waals surface area contributed by atoms with Gasteiger partial charge in [-0.15, -0.1) is 0 Å². The smallest absolute Gasteiger partial charge is 0.174 e. The SMILES string of the molecule is CCOC1=CC(=O)CS(=O)(=O)C1c1ccccc1. The van der Waals surface area contributed by atoms with Gasteiger partial charge in [-0.05, 0) is 12.5 Å². The van der Waals surface area contributed by atoms with Crippen molar-refractivity contribution in [1.29, 1.82) is 0 Å². The molecule has 1 aliphatic heterocycles. The molecule has 0 aliphatic carbocycles. The Morgan fingerprint density at radius 1 is 1.28 bits per heavy atom. The summed E-state index contributed by atoms with van der Waals surface area (Å²) in [5.41, 5.74) is 0.629. The highest BCUT2D eigenvalue weighted by Gasteiger charge is 2.37. The van der Waals surface area contributed by atoms with Crippen molar-refractivity contribution in [3.63, 3.8) is 0 Å². The van der Waals surface area contributed by atoms with E-state index in [9.17, 15) is 13.2 Å². The molecule has 1 atom stereocenters. The van der Waals surface area contributed by atoms with E-state index in [0.29, 0.717) is 12.2 Å². The van der Waals surface area contributed by atoms with Crippen LogP contribution < -0.4 is 0 Å². The fraction of sp³-hybridized carbons (Fsp3) is 0.308. The average Bonchev–Trinajstić information content (AvgIpc) is 2.28. The van der Waals surface area contributed by atoms with Crippen molar-refractivity contribution in [3.8, 4) is 0 Å². The van der Waals surface area contributed by atoms with E-state index in [1.165, 1.54) is 6.08 Å². The summed E-state index contributed by atoms with van der Waals surface area (Å²) in [5, 5.41) is -0.864. The van der Waals surface area contributed by atoms with Crippen molar-refractivity contribution in [2.24, 2.45) is 0 Å². The second-order valence-corrected chi connectivity index (χ2v) is 6.13. The van der Waals surface area contributed by atoms with Crippen LogP contribution >= 0.6 is 0 Å². The summed E-state index contributed by atoms with van der Waals surface area (Å²) in [6.07, 6.45) is 1.29. The Kier molecular flexibility index (Phi) is 3.52. The molecule has 5 heteroatoms. The maximum absolute atomic E-state index is 12.1. The summed E-state index contributed by atoms with van der Waals surface area (Å²) >= 11 is 0. The third-order valence-corrected chi connectivity index (χ3v) is 4.59. The second kappa shape index (κ2) is 4.94. The van der Waals surface area contributed by atoms with Crippen LogP contribution in [-0.2, 0) is 19.4 Å². The van der Waals surface area contributed by atoms with Crippen molar-refractivity contribution in [1.82, 2.24) is 0 Å². The van der Waals surface area contributed by atoms with E-state index in [1.54, 1.807) is 31.2 Å². The Morgan fingerprint density at radius 2 is 1.94 bits per heavy atom. The van der Waals surface area contributed by atoms with Gasteiger partial charge >= 0.3 is 0 Å². The molecule has 2 rings (SSSR count). The average molecular weight is 266 g/mol. The molecule has 1 aromatic carbocycles. The number of rotatable bonds is 3. The number of allylic oxidation sites excluding steroid dienone is 1. The summed E-state index contributed by atoms with van der Waals surface area (Å²) in [6.45, 7) is 2.09. The van der Waals surface area contributed by atoms with Gasteiger partial charge in [0, 0.05) is 6.08 Å². The number of benzene rings is 1. The Bertz CT molecular complexity index is 572. The molecule has 4 nitrogen and oxygen atoms in total. The van der Waals surface area contributed by atoms with Crippen LogP contribution in [0, 0.1) is 0 Å². The fourth-order valence-electron chi connectivity index (χ4n) is 2.02. The lowest BCUT2D eigenvalue weighted by Gasteiger charge is -2.24. The van der Waals surface area contributed by atoms with Crippen LogP contribution in [-0.4, -0.2) is 26.6 Å². The van der Waals surface area contributed by atoms with Gasteiger partial charge in [0.25, 0.3) is 0 Å². The Labute approximate surface area is 106 Å². The third-order valence-electron chi connectivity index (χ3n) is 2.68. The largest absolute Gasteiger partial charge is 0.496 e. The van der Waals surface area contributed by atoms with Gasteiger partial charge in [0.2, 0.25) is 0 Å². The van der Waals surface area contributed by atoms with E-state index < -0.39 is 26.6 Å². The molecule has 0 radical (unpaired) electrons. The molecule has 1 aliphatic rings. The van der Waals surface area contributed by atoms with E-state index >= 15 is 0 Å². The van der Waals surface area contributed by atoms with Gasteiger partial charge in [0.05, 0.1) is 6.61 Å². The van der Waals surface area contributed by atoms with Crippen LogP contribution in [0.5, 0.6) is 0 Å². The van der Waals surface area contributed by atoms with E-state index in [0.717, 1.165) is 0 Å². The lowest BCUT2D eigenvalue weighted by Crippen LogP contribution is -2.29. The first-order valence-corrected chi connectivity index (χ1v) is 7.40. The second-order valence-electron chi connectivity index (χ2n) is 4.04. The van der Waals surface area contributed by atoms with E-state index in [2.05, 4.69) is 0 Å². The first-order chi connectivity index (χ1) is 8.54. The van der Waals surface area contributed by atoms with Gasteiger partial charge in [0.15, 0.2) is 15.6 Å². The number of hydrogen-bond donors (Lipinski definition) is 0. The summed E-state index contributed by atoms with van der Waals surface area (Å²) in [5.74, 6) is -0.658. The number of ether oxygens (including phenoxy) is 1. The first kappa shape index (κ1) is 12.8. The van der Waals surface area contributed by atoms with Gasteiger partial charge in [-0.2, -0.15) is 0 Å². The van der Waals surface area contributed by atoms with Crippen LogP contribution in [0.3, 0.4) is 0 Å². The van der Waals surface area contributed by atoms with Gasteiger partial charge in [-0.1, -0.05) is 30.3 Å². The van der Waals surface area contributed by atoms with E-state index in [1.807, 2.05) is 6.07 Å². The Hall–Kier alpha value is -1.62. The number of carbonyl (C=O) groups excluding carboxylic acids is 1. The van der Waals surface area contributed by atoms with Gasteiger partial charge in [-0.25, -0.2) is 8.42 Å². The minimum absolute atomic E-state index is 0.222. The molecular formula is C13H14O4S. The Morgan fingerprint density at radius 3 is 2.56 bits per heavy atom. The molecule has 0 spiro atoms. The summed E-state index contributed by atoms with van der Waals surface area (Å²) in [6, 6.07) is 8.81. The molecule has 0 saturated carbocycles. The number of hydrogen-bond acceptors (Lipinski definition) is 4. The monoisotopic (exact) mass is 266 g/mol. The molecular weight excluding hydrogens is 252 g/mol. The van der Waals surface area contributed by atoms with Crippen LogP contribution in [0.2, 0.25) is 0 Å². The minimum Gasteiger partial charge on any atom is -0.496 e. The zero-order valence-corrected chi connectivity index (χ0v) is 10.8. The normalized spacial score (nSPS) is 22.4. The van der Waals surface area contributed by atoms with Crippen LogP contribution in [0.4, 0.5) is 0 Å².